The fraction of sp³-hybridized carbons (Fsp3) is 0.333. The molecule has 1 aromatic heterocycles. The molecule has 0 aliphatic rings. The lowest BCUT2D eigenvalue weighted by Crippen LogP contribution is -2.03. The smallest absolute Gasteiger partial charge is 0.215 e. The minimum Gasteiger partial charge on any atom is -0.478 e. The maximum Gasteiger partial charge on any atom is 0.215 e. The van der Waals surface area contributed by atoms with Gasteiger partial charge in [-0.25, -0.2) is 0 Å². The standard InChI is InChI=1S/C9H12N2O3/c12-5-2-6-14-9-4-1-3-8(11-9)10-7-13/h1,3-4,7,12H,2,5-6H2,(H,10,11,13). The molecule has 1 rings (SSSR count). The van der Waals surface area contributed by atoms with Gasteiger partial charge in [0.15, 0.2) is 0 Å². The second-order valence-corrected chi connectivity index (χ2v) is 2.55. The van der Waals surface area contributed by atoms with Crippen LogP contribution < -0.4 is 10.1 Å². The lowest BCUT2D eigenvalue weighted by molar-refractivity contribution is -0.105. The van der Waals surface area contributed by atoms with Crippen LogP contribution in [-0.2, 0) is 4.79 Å². The zero-order valence-electron chi connectivity index (χ0n) is 7.64. The van der Waals surface area contributed by atoms with E-state index in [2.05, 4.69) is 10.3 Å². The van der Waals surface area contributed by atoms with E-state index in [-0.39, 0.29) is 6.61 Å². The Morgan fingerprint density at radius 1 is 1.57 bits per heavy atom. The van der Waals surface area contributed by atoms with E-state index in [1.807, 2.05) is 0 Å². The van der Waals surface area contributed by atoms with E-state index in [9.17, 15) is 4.79 Å². The van der Waals surface area contributed by atoms with Gasteiger partial charge in [-0.2, -0.15) is 4.98 Å². The van der Waals surface area contributed by atoms with Crippen molar-refractivity contribution in [1.29, 1.82) is 0 Å². The summed E-state index contributed by atoms with van der Waals surface area (Å²) in [5.41, 5.74) is 0. The number of aromatic nitrogens is 1. The number of anilines is 1. The number of rotatable bonds is 6. The zero-order valence-corrected chi connectivity index (χ0v) is 7.64. The molecular weight excluding hydrogens is 184 g/mol. The van der Waals surface area contributed by atoms with Gasteiger partial charge < -0.3 is 15.2 Å². The molecule has 2 N–H and O–H groups in total. The van der Waals surface area contributed by atoms with Gasteiger partial charge >= 0.3 is 0 Å². The molecule has 0 fully saturated rings. The van der Waals surface area contributed by atoms with Crippen LogP contribution in [0.2, 0.25) is 0 Å². The Morgan fingerprint density at radius 2 is 2.43 bits per heavy atom. The summed E-state index contributed by atoms with van der Waals surface area (Å²) >= 11 is 0. The summed E-state index contributed by atoms with van der Waals surface area (Å²) in [4.78, 5) is 14.1. The van der Waals surface area contributed by atoms with Crippen LogP contribution in [0.1, 0.15) is 6.42 Å². The number of carbonyl (C=O) groups excluding carboxylic acids is 1. The minimum atomic E-state index is 0.0896. The van der Waals surface area contributed by atoms with Crippen LogP contribution in [0, 0.1) is 0 Å². The molecule has 1 heterocycles. The number of pyridine rings is 1. The first-order valence-corrected chi connectivity index (χ1v) is 4.27. The van der Waals surface area contributed by atoms with Crippen LogP contribution in [0.25, 0.3) is 0 Å². The lowest BCUT2D eigenvalue weighted by atomic mass is 10.4. The molecule has 0 unspecified atom stereocenters. The lowest BCUT2D eigenvalue weighted by Gasteiger charge is -2.04. The first kappa shape index (κ1) is 10.5. The van der Waals surface area contributed by atoms with Gasteiger partial charge in [-0.15, -0.1) is 0 Å². The number of nitrogens with one attached hydrogen (secondary N) is 1. The first-order chi connectivity index (χ1) is 6.86. The molecule has 0 aromatic carbocycles. The highest BCUT2D eigenvalue weighted by molar-refractivity contribution is 5.68. The maximum atomic E-state index is 10.1. The maximum absolute atomic E-state index is 10.1. The average Bonchev–Trinajstić information content (AvgIpc) is 2.19. The molecular formula is C9H12N2O3. The van der Waals surface area contributed by atoms with Gasteiger partial charge in [-0.1, -0.05) is 6.07 Å². The Balaban J connectivity index is 2.50. The minimum absolute atomic E-state index is 0.0896. The molecule has 0 radical (unpaired) electrons. The molecule has 1 amide bonds. The van der Waals surface area contributed by atoms with E-state index in [4.69, 9.17) is 9.84 Å². The summed E-state index contributed by atoms with van der Waals surface area (Å²) in [5, 5.41) is 10.9. The van der Waals surface area contributed by atoms with E-state index >= 15 is 0 Å². The number of hydrogen-bond acceptors (Lipinski definition) is 4. The Labute approximate surface area is 81.7 Å². The molecule has 14 heavy (non-hydrogen) atoms. The van der Waals surface area contributed by atoms with Crippen molar-refractivity contribution < 1.29 is 14.6 Å². The number of ether oxygens (including phenoxy) is 1. The van der Waals surface area contributed by atoms with Crippen molar-refractivity contribution in [1.82, 2.24) is 4.98 Å². The van der Waals surface area contributed by atoms with E-state index in [1.54, 1.807) is 18.2 Å². The normalized spacial score (nSPS) is 9.50. The van der Waals surface area contributed by atoms with E-state index in [0.717, 1.165) is 0 Å². The van der Waals surface area contributed by atoms with E-state index < -0.39 is 0 Å². The highest BCUT2D eigenvalue weighted by Gasteiger charge is 1.96. The molecule has 5 heteroatoms. The van der Waals surface area contributed by atoms with Crippen molar-refractivity contribution in [3.63, 3.8) is 0 Å². The third kappa shape index (κ3) is 3.40. The molecule has 0 bridgehead atoms. The van der Waals surface area contributed by atoms with Crippen molar-refractivity contribution in [3.8, 4) is 5.88 Å². The number of amides is 1. The predicted molar refractivity (Wildman–Crippen MR) is 51.1 cm³/mol. The highest BCUT2D eigenvalue weighted by Crippen LogP contribution is 2.10. The van der Waals surface area contributed by atoms with Crippen LogP contribution in [-0.4, -0.2) is 29.7 Å². The van der Waals surface area contributed by atoms with Crippen LogP contribution in [0.5, 0.6) is 5.88 Å². The fourth-order valence-electron chi connectivity index (χ4n) is 0.877. The van der Waals surface area contributed by atoms with Gasteiger partial charge in [-0.05, 0) is 6.07 Å². The Kier molecular flexibility index (Phi) is 4.43. The van der Waals surface area contributed by atoms with Crippen molar-refractivity contribution in [2.75, 3.05) is 18.5 Å². The van der Waals surface area contributed by atoms with E-state index in [0.29, 0.717) is 31.1 Å². The van der Waals surface area contributed by atoms with E-state index in [1.165, 1.54) is 0 Å². The molecule has 0 aliphatic carbocycles. The van der Waals surface area contributed by atoms with Gasteiger partial charge in [-0.3, -0.25) is 4.79 Å². The summed E-state index contributed by atoms with van der Waals surface area (Å²) in [6.07, 6.45) is 1.12. The molecule has 0 saturated heterocycles. The van der Waals surface area contributed by atoms with Gasteiger partial charge in [0, 0.05) is 19.1 Å². The number of nitrogens with zero attached hydrogens (tertiary/aromatic N) is 1. The monoisotopic (exact) mass is 196 g/mol. The summed E-state index contributed by atoms with van der Waals surface area (Å²) in [7, 11) is 0. The second kappa shape index (κ2) is 5.93. The van der Waals surface area contributed by atoms with Crippen LogP contribution in [0.15, 0.2) is 18.2 Å². The molecule has 0 saturated carbocycles. The predicted octanol–water partition coefficient (Wildman–Crippen LogP) is 0.411. The topological polar surface area (TPSA) is 71.5 Å². The Hall–Kier alpha value is -1.62. The fourth-order valence-corrected chi connectivity index (χ4v) is 0.877. The average molecular weight is 196 g/mol. The quantitative estimate of drug-likeness (QED) is 0.510. The Morgan fingerprint density at radius 3 is 3.14 bits per heavy atom. The number of aliphatic hydroxyl groups excluding tert-OH is 1. The molecule has 0 atom stereocenters. The van der Waals surface area contributed by atoms with Gasteiger partial charge in [0.25, 0.3) is 0 Å². The van der Waals surface area contributed by atoms with Crippen LogP contribution >= 0.6 is 0 Å². The molecule has 76 valence electrons. The third-order valence-electron chi connectivity index (χ3n) is 1.48. The summed E-state index contributed by atoms with van der Waals surface area (Å²) in [6.45, 7) is 0.500. The number of aliphatic hydroxyl groups is 1. The largest absolute Gasteiger partial charge is 0.478 e. The molecule has 1 aromatic rings. The van der Waals surface area contributed by atoms with Crippen molar-refractivity contribution in [3.05, 3.63) is 18.2 Å². The summed E-state index contributed by atoms with van der Waals surface area (Å²) in [6, 6.07) is 5.08. The SMILES string of the molecule is O=CNc1cccc(OCCCO)n1. The van der Waals surface area contributed by atoms with Gasteiger partial charge in [0.05, 0.1) is 6.61 Å². The van der Waals surface area contributed by atoms with Gasteiger partial charge in [0.1, 0.15) is 5.82 Å². The van der Waals surface area contributed by atoms with Crippen molar-refractivity contribution >= 4 is 12.2 Å². The molecule has 0 aliphatic heterocycles. The molecule has 5 nitrogen and oxygen atoms in total. The first-order valence-electron chi connectivity index (χ1n) is 4.27. The summed E-state index contributed by atoms with van der Waals surface area (Å²) < 4.78 is 5.21. The zero-order chi connectivity index (χ0) is 10.2. The number of hydrogen-bond donors (Lipinski definition) is 2. The van der Waals surface area contributed by atoms with Crippen LogP contribution in [0.4, 0.5) is 5.82 Å². The van der Waals surface area contributed by atoms with Crippen molar-refractivity contribution in [2.24, 2.45) is 0 Å². The highest BCUT2D eigenvalue weighted by atomic mass is 16.5. The molecule has 0 spiro atoms. The summed E-state index contributed by atoms with van der Waals surface area (Å²) in [5.74, 6) is 0.881. The van der Waals surface area contributed by atoms with Crippen LogP contribution in [0.3, 0.4) is 0 Å². The van der Waals surface area contributed by atoms with Gasteiger partial charge in [0.2, 0.25) is 12.3 Å². The number of carbonyl (C=O) groups is 1. The van der Waals surface area contributed by atoms with Crippen molar-refractivity contribution in [2.45, 2.75) is 6.42 Å². The third-order valence-corrected chi connectivity index (χ3v) is 1.48. The second-order valence-electron chi connectivity index (χ2n) is 2.55. The Bertz CT molecular complexity index is 291.